The number of anilines is 1. The van der Waals surface area contributed by atoms with Crippen molar-refractivity contribution in [3.63, 3.8) is 0 Å². The van der Waals surface area contributed by atoms with Crippen molar-refractivity contribution in [2.24, 2.45) is 5.73 Å². The molecular formula is C8H11N3O2. The SMILES string of the molecule is CONc1cc(CC(N)=O)ccn1. The second-order valence-corrected chi connectivity index (χ2v) is 2.50. The average molecular weight is 181 g/mol. The molecule has 0 atom stereocenters. The Morgan fingerprint density at radius 3 is 3.15 bits per heavy atom. The number of carbonyl (C=O) groups is 1. The van der Waals surface area contributed by atoms with Crippen molar-refractivity contribution in [1.82, 2.24) is 4.98 Å². The molecule has 1 amide bonds. The van der Waals surface area contributed by atoms with Gasteiger partial charge in [-0.3, -0.25) is 9.63 Å². The lowest BCUT2D eigenvalue weighted by atomic mass is 10.2. The Balaban J connectivity index is 2.73. The second-order valence-electron chi connectivity index (χ2n) is 2.50. The summed E-state index contributed by atoms with van der Waals surface area (Å²) in [5.74, 6) is 0.191. The first kappa shape index (κ1) is 9.47. The van der Waals surface area contributed by atoms with Gasteiger partial charge in [0.1, 0.15) is 5.82 Å². The lowest BCUT2D eigenvalue weighted by Gasteiger charge is -2.03. The molecule has 0 radical (unpaired) electrons. The summed E-state index contributed by atoms with van der Waals surface area (Å²) in [5, 5.41) is 0. The first-order valence-corrected chi connectivity index (χ1v) is 3.74. The minimum absolute atomic E-state index is 0.209. The van der Waals surface area contributed by atoms with E-state index in [1.807, 2.05) is 0 Å². The maximum atomic E-state index is 10.6. The Morgan fingerprint density at radius 2 is 2.54 bits per heavy atom. The van der Waals surface area contributed by atoms with Gasteiger partial charge in [0.05, 0.1) is 13.5 Å². The number of nitrogens with zero attached hydrogens (tertiary/aromatic N) is 1. The van der Waals surface area contributed by atoms with Crippen LogP contribution in [-0.4, -0.2) is 18.0 Å². The van der Waals surface area contributed by atoms with Crippen molar-refractivity contribution in [1.29, 1.82) is 0 Å². The number of nitrogens with one attached hydrogen (secondary N) is 1. The Labute approximate surface area is 75.9 Å². The lowest BCUT2D eigenvalue weighted by Crippen LogP contribution is -2.13. The number of hydrogen-bond acceptors (Lipinski definition) is 4. The van der Waals surface area contributed by atoms with Crippen molar-refractivity contribution >= 4 is 11.7 Å². The number of hydrogen-bond donors (Lipinski definition) is 2. The molecule has 13 heavy (non-hydrogen) atoms. The number of nitrogens with two attached hydrogens (primary N) is 1. The van der Waals surface area contributed by atoms with Crippen LogP contribution in [0.15, 0.2) is 18.3 Å². The molecule has 0 aromatic carbocycles. The fourth-order valence-electron chi connectivity index (χ4n) is 0.946. The van der Waals surface area contributed by atoms with Crippen molar-refractivity contribution in [2.75, 3.05) is 12.6 Å². The largest absolute Gasteiger partial charge is 0.369 e. The summed E-state index contributed by atoms with van der Waals surface area (Å²) in [4.78, 5) is 19.2. The molecule has 0 aliphatic carbocycles. The van der Waals surface area contributed by atoms with Gasteiger partial charge in [0.2, 0.25) is 5.91 Å². The van der Waals surface area contributed by atoms with Crippen molar-refractivity contribution in [3.05, 3.63) is 23.9 Å². The highest BCUT2D eigenvalue weighted by Gasteiger charge is 1.99. The molecule has 3 N–H and O–H groups in total. The van der Waals surface area contributed by atoms with Crippen LogP contribution in [-0.2, 0) is 16.1 Å². The van der Waals surface area contributed by atoms with E-state index in [1.54, 1.807) is 18.3 Å². The van der Waals surface area contributed by atoms with Gasteiger partial charge in [0.15, 0.2) is 0 Å². The Bertz CT molecular complexity index is 301. The molecule has 0 saturated heterocycles. The van der Waals surface area contributed by atoms with E-state index in [-0.39, 0.29) is 12.3 Å². The maximum Gasteiger partial charge on any atom is 0.221 e. The molecule has 1 aromatic heterocycles. The number of amides is 1. The van der Waals surface area contributed by atoms with Crippen LogP contribution in [0.25, 0.3) is 0 Å². The van der Waals surface area contributed by atoms with Gasteiger partial charge in [0, 0.05) is 6.20 Å². The highest BCUT2D eigenvalue weighted by molar-refractivity contribution is 5.76. The maximum absolute atomic E-state index is 10.6. The quantitative estimate of drug-likeness (QED) is 0.645. The van der Waals surface area contributed by atoms with Gasteiger partial charge in [-0.15, -0.1) is 0 Å². The van der Waals surface area contributed by atoms with E-state index in [4.69, 9.17) is 5.73 Å². The summed E-state index contributed by atoms with van der Waals surface area (Å²) in [6, 6.07) is 3.43. The van der Waals surface area contributed by atoms with E-state index in [0.717, 1.165) is 5.56 Å². The first-order valence-electron chi connectivity index (χ1n) is 3.74. The molecule has 1 aromatic rings. The normalized spacial score (nSPS) is 9.62. The van der Waals surface area contributed by atoms with Gasteiger partial charge in [-0.25, -0.2) is 10.5 Å². The van der Waals surface area contributed by atoms with E-state index < -0.39 is 0 Å². The van der Waals surface area contributed by atoms with Crippen LogP contribution in [0.4, 0.5) is 5.82 Å². The minimum Gasteiger partial charge on any atom is -0.369 e. The third-order valence-electron chi connectivity index (χ3n) is 1.41. The molecule has 0 aliphatic heterocycles. The first-order chi connectivity index (χ1) is 6.22. The topological polar surface area (TPSA) is 77.2 Å². The Morgan fingerprint density at radius 1 is 1.77 bits per heavy atom. The van der Waals surface area contributed by atoms with Crippen LogP contribution in [0.1, 0.15) is 5.56 Å². The van der Waals surface area contributed by atoms with Gasteiger partial charge < -0.3 is 5.73 Å². The molecule has 0 bridgehead atoms. The Kier molecular flexibility index (Phi) is 3.22. The molecule has 5 nitrogen and oxygen atoms in total. The van der Waals surface area contributed by atoms with E-state index >= 15 is 0 Å². The average Bonchev–Trinajstić information content (AvgIpc) is 2.04. The van der Waals surface area contributed by atoms with Crippen LogP contribution in [0.3, 0.4) is 0 Å². The van der Waals surface area contributed by atoms with Gasteiger partial charge >= 0.3 is 0 Å². The number of carbonyl (C=O) groups excluding carboxylic acids is 1. The number of aromatic nitrogens is 1. The molecule has 5 heteroatoms. The summed E-state index contributed by atoms with van der Waals surface area (Å²) in [5.41, 5.74) is 8.40. The van der Waals surface area contributed by atoms with E-state index in [2.05, 4.69) is 15.3 Å². The highest BCUT2D eigenvalue weighted by Crippen LogP contribution is 2.06. The monoisotopic (exact) mass is 181 g/mol. The third kappa shape index (κ3) is 3.08. The molecule has 0 spiro atoms. The summed E-state index contributed by atoms with van der Waals surface area (Å²) in [6.45, 7) is 0. The van der Waals surface area contributed by atoms with E-state index in [9.17, 15) is 4.79 Å². The zero-order valence-corrected chi connectivity index (χ0v) is 7.28. The smallest absolute Gasteiger partial charge is 0.221 e. The zero-order chi connectivity index (χ0) is 9.68. The van der Waals surface area contributed by atoms with Crippen molar-refractivity contribution in [3.8, 4) is 0 Å². The highest BCUT2D eigenvalue weighted by atomic mass is 16.6. The fourth-order valence-corrected chi connectivity index (χ4v) is 0.946. The molecule has 0 saturated carbocycles. The second kappa shape index (κ2) is 4.42. The number of primary amides is 1. The number of pyridine rings is 1. The fraction of sp³-hybridized carbons (Fsp3) is 0.250. The predicted octanol–water partition coefficient (Wildman–Crippen LogP) is 0.0827. The third-order valence-corrected chi connectivity index (χ3v) is 1.41. The zero-order valence-electron chi connectivity index (χ0n) is 7.28. The van der Waals surface area contributed by atoms with Crippen LogP contribution in [0.2, 0.25) is 0 Å². The van der Waals surface area contributed by atoms with Crippen molar-refractivity contribution in [2.45, 2.75) is 6.42 Å². The summed E-state index contributed by atoms with van der Waals surface area (Å²) in [6.07, 6.45) is 1.79. The molecule has 0 fully saturated rings. The van der Waals surface area contributed by atoms with Crippen molar-refractivity contribution < 1.29 is 9.63 Å². The molecule has 70 valence electrons. The predicted molar refractivity (Wildman–Crippen MR) is 47.8 cm³/mol. The molecule has 1 rings (SSSR count). The summed E-state index contributed by atoms with van der Waals surface area (Å²) >= 11 is 0. The lowest BCUT2D eigenvalue weighted by molar-refractivity contribution is -0.117. The standard InChI is InChI=1S/C8H11N3O2/c1-13-11-8-5-6(2-3-10-8)4-7(9)12/h2-3,5H,4H2,1H3,(H2,9,12)(H,10,11). The van der Waals surface area contributed by atoms with Gasteiger partial charge in [-0.1, -0.05) is 0 Å². The van der Waals surface area contributed by atoms with Crippen LogP contribution in [0.5, 0.6) is 0 Å². The molecular weight excluding hydrogens is 170 g/mol. The summed E-state index contributed by atoms with van der Waals surface area (Å²) < 4.78 is 0. The van der Waals surface area contributed by atoms with Crippen LogP contribution >= 0.6 is 0 Å². The molecule has 0 aliphatic rings. The minimum atomic E-state index is -0.366. The number of rotatable bonds is 4. The van der Waals surface area contributed by atoms with Gasteiger partial charge in [-0.2, -0.15) is 0 Å². The summed E-state index contributed by atoms with van der Waals surface area (Å²) in [7, 11) is 1.49. The van der Waals surface area contributed by atoms with Crippen LogP contribution in [0, 0.1) is 0 Å². The van der Waals surface area contributed by atoms with E-state index in [0.29, 0.717) is 5.82 Å². The molecule has 1 heterocycles. The van der Waals surface area contributed by atoms with Gasteiger partial charge in [-0.05, 0) is 17.7 Å². The van der Waals surface area contributed by atoms with E-state index in [1.165, 1.54) is 7.11 Å². The molecule has 0 unspecified atom stereocenters. The Hall–Kier alpha value is -1.62. The van der Waals surface area contributed by atoms with Crippen LogP contribution < -0.4 is 11.2 Å². The van der Waals surface area contributed by atoms with Gasteiger partial charge in [0.25, 0.3) is 0 Å².